The van der Waals surface area contributed by atoms with Gasteiger partial charge in [-0.05, 0) is 47.8 Å². The van der Waals surface area contributed by atoms with Crippen LogP contribution < -0.4 is 9.80 Å². The maximum Gasteiger partial charge on any atom is 0.293 e. The molecule has 3 fully saturated rings. The summed E-state index contributed by atoms with van der Waals surface area (Å²) in [6.45, 7) is 1.14. The Morgan fingerprint density at radius 2 is 0.947 bits per heavy atom. The van der Waals surface area contributed by atoms with Gasteiger partial charge in [-0.15, -0.1) is 0 Å². The molecule has 2 atom stereocenters. The molecule has 3 heterocycles. The highest BCUT2D eigenvalue weighted by Gasteiger charge is 2.44. The summed E-state index contributed by atoms with van der Waals surface area (Å²) in [5, 5.41) is -2.38. The second kappa shape index (κ2) is 11.0. The Kier molecular flexibility index (Phi) is 7.52. The van der Waals surface area contributed by atoms with E-state index in [1.165, 1.54) is 0 Å². The highest BCUT2D eigenvalue weighted by Crippen LogP contribution is 2.35. The SMILES string of the molecule is O=C(CC1SC(=O)N(c2ccccc2)C1=O)N1CCN(C(=O)CC2SC(=O)N(c3ccccc3)C2=O)CC1. The first-order valence-corrected chi connectivity index (χ1v) is 13.8. The number of thioether (sulfide) groups is 2. The summed E-state index contributed by atoms with van der Waals surface area (Å²) < 4.78 is 0. The molecule has 2 aromatic carbocycles. The first-order chi connectivity index (χ1) is 18.3. The number of benzene rings is 2. The van der Waals surface area contributed by atoms with Gasteiger partial charge in [0, 0.05) is 39.0 Å². The van der Waals surface area contributed by atoms with Crippen LogP contribution in [0.4, 0.5) is 21.0 Å². The smallest absolute Gasteiger partial charge is 0.293 e. The Bertz CT molecular complexity index is 1180. The highest BCUT2D eigenvalue weighted by molar-refractivity contribution is 8.16. The number of rotatable bonds is 6. The van der Waals surface area contributed by atoms with Gasteiger partial charge in [0.2, 0.25) is 23.6 Å². The normalized spacial score (nSPS) is 22.0. The zero-order valence-electron chi connectivity index (χ0n) is 20.2. The zero-order valence-corrected chi connectivity index (χ0v) is 21.9. The molecule has 0 N–H and O–H groups in total. The summed E-state index contributed by atoms with van der Waals surface area (Å²) in [5.41, 5.74) is 0.953. The van der Waals surface area contributed by atoms with Crippen LogP contribution in [0.1, 0.15) is 12.8 Å². The average Bonchev–Trinajstić information content (AvgIpc) is 3.37. The van der Waals surface area contributed by atoms with E-state index in [1.807, 2.05) is 0 Å². The van der Waals surface area contributed by atoms with Gasteiger partial charge >= 0.3 is 0 Å². The van der Waals surface area contributed by atoms with Gasteiger partial charge < -0.3 is 9.80 Å². The quantitative estimate of drug-likeness (QED) is 0.537. The second-order valence-electron chi connectivity index (χ2n) is 8.93. The van der Waals surface area contributed by atoms with E-state index in [-0.39, 0.29) is 50.8 Å². The van der Waals surface area contributed by atoms with E-state index in [0.717, 1.165) is 33.3 Å². The number of hydrogen-bond donors (Lipinski definition) is 0. The molecule has 2 aromatic rings. The molecule has 3 saturated heterocycles. The van der Waals surface area contributed by atoms with Crippen molar-refractivity contribution in [3.8, 4) is 0 Å². The van der Waals surface area contributed by atoms with E-state index < -0.39 is 32.8 Å². The maximum absolute atomic E-state index is 12.9. The van der Waals surface area contributed by atoms with E-state index in [4.69, 9.17) is 0 Å². The number of piperazine rings is 1. The van der Waals surface area contributed by atoms with Crippen molar-refractivity contribution in [1.29, 1.82) is 0 Å². The predicted molar refractivity (Wildman–Crippen MR) is 144 cm³/mol. The molecule has 0 aliphatic carbocycles. The standard InChI is InChI=1S/C26H24N4O6S2/c31-21(15-19-23(33)29(25(35)37-19)17-7-3-1-4-8-17)27-11-13-28(14-12-27)22(32)16-20-24(34)30(26(36)38-20)18-9-5-2-6-10-18/h1-10,19-20H,11-16H2. The summed E-state index contributed by atoms with van der Waals surface area (Å²) in [4.78, 5) is 81.6. The Balaban J connectivity index is 1.11. The summed E-state index contributed by atoms with van der Waals surface area (Å²) in [6, 6.07) is 17.2. The summed E-state index contributed by atoms with van der Waals surface area (Å²) in [5.74, 6) is -1.33. The first kappa shape index (κ1) is 26.0. The van der Waals surface area contributed by atoms with Crippen LogP contribution in [0.2, 0.25) is 0 Å². The number of imide groups is 2. The summed E-state index contributed by atoms with van der Waals surface area (Å²) >= 11 is 1.70. The van der Waals surface area contributed by atoms with E-state index in [9.17, 15) is 28.8 Å². The zero-order chi connectivity index (χ0) is 26.8. The summed E-state index contributed by atoms with van der Waals surface area (Å²) in [7, 11) is 0. The topological polar surface area (TPSA) is 115 Å². The lowest BCUT2D eigenvalue weighted by Gasteiger charge is -2.35. The number of amides is 6. The fraction of sp³-hybridized carbons (Fsp3) is 0.308. The Labute approximate surface area is 227 Å². The van der Waals surface area contributed by atoms with Crippen LogP contribution in [0, 0.1) is 0 Å². The minimum absolute atomic E-state index is 0.100. The average molecular weight is 553 g/mol. The van der Waals surface area contributed by atoms with Crippen LogP contribution in [-0.2, 0) is 19.2 Å². The third-order valence-electron chi connectivity index (χ3n) is 6.58. The number of anilines is 2. The fourth-order valence-electron chi connectivity index (χ4n) is 4.58. The van der Waals surface area contributed by atoms with Crippen molar-refractivity contribution >= 4 is 69.0 Å². The van der Waals surface area contributed by atoms with E-state index >= 15 is 0 Å². The largest absolute Gasteiger partial charge is 0.339 e. The van der Waals surface area contributed by atoms with Crippen molar-refractivity contribution < 1.29 is 28.8 Å². The molecule has 196 valence electrons. The van der Waals surface area contributed by atoms with Gasteiger partial charge in [0.1, 0.15) is 10.5 Å². The van der Waals surface area contributed by atoms with Gasteiger partial charge in [-0.1, -0.05) is 36.4 Å². The monoisotopic (exact) mass is 552 g/mol. The lowest BCUT2D eigenvalue weighted by atomic mass is 10.2. The molecule has 38 heavy (non-hydrogen) atoms. The van der Waals surface area contributed by atoms with E-state index in [1.54, 1.807) is 70.5 Å². The van der Waals surface area contributed by atoms with Crippen LogP contribution in [0.25, 0.3) is 0 Å². The maximum atomic E-state index is 12.9. The number of hydrogen-bond acceptors (Lipinski definition) is 8. The van der Waals surface area contributed by atoms with Crippen LogP contribution in [0.5, 0.6) is 0 Å². The van der Waals surface area contributed by atoms with Gasteiger partial charge in [0.25, 0.3) is 10.5 Å². The summed E-state index contributed by atoms with van der Waals surface area (Å²) in [6.07, 6.45) is -0.200. The molecule has 0 saturated carbocycles. The lowest BCUT2D eigenvalue weighted by molar-refractivity contribution is -0.140. The van der Waals surface area contributed by atoms with Crippen LogP contribution in [0.3, 0.4) is 0 Å². The van der Waals surface area contributed by atoms with Gasteiger partial charge in [-0.25, -0.2) is 9.80 Å². The van der Waals surface area contributed by atoms with Crippen molar-refractivity contribution in [2.45, 2.75) is 23.3 Å². The molecule has 5 rings (SSSR count). The van der Waals surface area contributed by atoms with Gasteiger partial charge in [-0.2, -0.15) is 0 Å². The molecule has 6 amide bonds. The minimum atomic E-state index is -0.787. The fourth-order valence-corrected chi connectivity index (χ4v) is 6.53. The molecular weight excluding hydrogens is 528 g/mol. The van der Waals surface area contributed by atoms with Crippen molar-refractivity contribution in [2.75, 3.05) is 36.0 Å². The molecule has 0 bridgehead atoms. The molecule has 0 radical (unpaired) electrons. The Hall–Kier alpha value is -3.64. The van der Waals surface area contributed by atoms with Crippen LogP contribution in [0.15, 0.2) is 60.7 Å². The molecule has 0 spiro atoms. The van der Waals surface area contributed by atoms with E-state index in [0.29, 0.717) is 11.4 Å². The Morgan fingerprint density at radius 3 is 1.29 bits per heavy atom. The number of para-hydroxylation sites is 2. The van der Waals surface area contributed by atoms with E-state index in [2.05, 4.69) is 0 Å². The van der Waals surface area contributed by atoms with Crippen LogP contribution in [-0.4, -0.2) is 80.6 Å². The molecule has 12 heteroatoms. The molecule has 3 aliphatic heterocycles. The lowest BCUT2D eigenvalue weighted by Crippen LogP contribution is -2.51. The van der Waals surface area contributed by atoms with Crippen molar-refractivity contribution in [3.63, 3.8) is 0 Å². The predicted octanol–water partition coefficient (Wildman–Crippen LogP) is 2.97. The van der Waals surface area contributed by atoms with Crippen molar-refractivity contribution in [3.05, 3.63) is 60.7 Å². The van der Waals surface area contributed by atoms with Gasteiger partial charge in [0.05, 0.1) is 11.4 Å². The molecule has 2 unspecified atom stereocenters. The number of nitrogens with zero attached hydrogens (tertiary/aromatic N) is 4. The second-order valence-corrected chi connectivity index (χ2v) is 11.2. The van der Waals surface area contributed by atoms with Gasteiger partial charge in [-0.3, -0.25) is 28.8 Å². The minimum Gasteiger partial charge on any atom is -0.339 e. The third kappa shape index (κ3) is 5.18. The first-order valence-electron chi connectivity index (χ1n) is 12.1. The Morgan fingerprint density at radius 1 is 0.605 bits per heavy atom. The molecule has 3 aliphatic rings. The molecule has 10 nitrogen and oxygen atoms in total. The third-order valence-corrected chi connectivity index (χ3v) is 8.65. The highest BCUT2D eigenvalue weighted by atomic mass is 32.2. The number of carbonyl (C=O) groups is 6. The molecular formula is C26H24N4O6S2. The van der Waals surface area contributed by atoms with Crippen LogP contribution >= 0.6 is 23.5 Å². The molecule has 0 aromatic heterocycles. The van der Waals surface area contributed by atoms with Crippen molar-refractivity contribution in [2.24, 2.45) is 0 Å². The number of carbonyl (C=O) groups excluding carboxylic acids is 6. The van der Waals surface area contributed by atoms with Crippen molar-refractivity contribution in [1.82, 2.24) is 9.80 Å². The van der Waals surface area contributed by atoms with Gasteiger partial charge in [0.15, 0.2) is 0 Å².